The first-order valence-corrected chi connectivity index (χ1v) is 12.4. The van der Waals surface area contributed by atoms with Gasteiger partial charge in [0.25, 0.3) is 0 Å². The van der Waals surface area contributed by atoms with E-state index in [1.165, 1.54) is 29.2 Å². The standard InChI is InChI=1S/C29H27ClFNO5/c1-18-6-3-4-9-23(18)27(33)24-12-11-22(17-25(24)30)32(26-13-10-21(31)16-19(26)2)29(35)37-15-14-36-28(34)20-7-5-8-20/h3-4,6,9-13,16-17,20H,5,7-8,14-15H2,1-2H3. The molecule has 3 aromatic carbocycles. The molecule has 1 aliphatic carbocycles. The van der Waals surface area contributed by atoms with Crippen LogP contribution in [0.2, 0.25) is 5.02 Å². The molecular weight excluding hydrogens is 497 g/mol. The monoisotopic (exact) mass is 523 g/mol. The van der Waals surface area contributed by atoms with Crippen LogP contribution < -0.4 is 4.90 Å². The summed E-state index contributed by atoms with van der Waals surface area (Å²) in [5, 5.41) is 0.151. The average molecular weight is 524 g/mol. The van der Waals surface area contributed by atoms with Gasteiger partial charge in [-0.1, -0.05) is 42.3 Å². The molecule has 4 rings (SSSR count). The number of ketones is 1. The molecule has 0 heterocycles. The summed E-state index contributed by atoms with van der Waals surface area (Å²) in [6, 6.07) is 15.8. The van der Waals surface area contributed by atoms with Crippen LogP contribution in [0.3, 0.4) is 0 Å². The van der Waals surface area contributed by atoms with Crippen molar-refractivity contribution < 1.29 is 28.2 Å². The van der Waals surface area contributed by atoms with Crippen LogP contribution in [0.25, 0.3) is 0 Å². The molecule has 8 heteroatoms. The number of halogens is 2. The fraction of sp³-hybridized carbons (Fsp3) is 0.276. The van der Waals surface area contributed by atoms with Gasteiger partial charge in [0.1, 0.15) is 19.0 Å². The summed E-state index contributed by atoms with van der Waals surface area (Å²) < 4.78 is 24.4. The van der Waals surface area contributed by atoms with Gasteiger partial charge in [0.2, 0.25) is 0 Å². The van der Waals surface area contributed by atoms with Crippen molar-refractivity contribution in [1.29, 1.82) is 0 Å². The maximum absolute atomic E-state index is 13.8. The van der Waals surface area contributed by atoms with Crippen molar-refractivity contribution in [2.24, 2.45) is 5.92 Å². The molecule has 1 saturated carbocycles. The molecule has 0 saturated heterocycles. The Morgan fingerprint density at radius 1 is 0.919 bits per heavy atom. The van der Waals surface area contributed by atoms with Gasteiger partial charge in [-0.25, -0.2) is 14.1 Å². The second-order valence-corrected chi connectivity index (χ2v) is 9.39. The van der Waals surface area contributed by atoms with E-state index in [0.717, 1.165) is 24.8 Å². The minimum atomic E-state index is -0.761. The lowest BCUT2D eigenvalue weighted by molar-refractivity contribution is -0.152. The molecule has 0 radical (unpaired) electrons. The fourth-order valence-electron chi connectivity index (χ4n) is 4.11. The summed E-state index contributed by atoms with van der Waals surface area (Å²) in [5.74, 6) is -1.05. The van der Waals surface area contributed by atoms with Crippen LogP contribution in [0, 0.1) is 25.6 Å². The Morgan fingerprint density at radius 2 is 1.65 bits per heavy atom. The number of anilines is 2. The molecule has 1 aliphatic rings. The third-order valence-corrected chi connectivity index (χ3v) is 6.73. The van der Waals surface area contributed by atoms with Gasteiger partial charge < -0.3 is 9.47 Å². The van der Waals surface area contributed by atoms with E-state index < -0.39 is 11.9 Å². The number of hydrogen-bond acceptors (Lipinski definition) is 5. The molecule has 0 atom stereocenters. The van der Waals surface area contributed by atoms with E-state index in [0.29, 0.717) is 22.5 Å². The Kier molecular flexibility index (Phi) is 8.24. The molecule has 37 heavy (non-hydrogen) atoms. The number of carbonyl (C=O) groups excluding carboxylic acids is 3. The minimum absolute atomic E-state index is 0.0675. The van der Waals surface area contributed by atoms with E-state index in [9.17, 15) is 18.8 Å². The van der Waals surface area contributed by atoms with Crippen LogP contribution in [0.4, 0.5) is 20.6 Å². The zero-order valence-corrected chi connectivity index (χ0v) is 21.4. The predicted octanol–water partition coefficient (Wildman–Crippen LogP) is 6.94. The van der Waals surface area contributed by atoms with E-state index in [1.54, 1.807) is 31.2 Å². The van der Waals surface area contributed by atoms with Gasteiger partial charge in [-0.15, -0.1) is 0 Å². The van der Waals surface area contributed by atoms with E-state index >= 15 is 0 Å². The highest BCUT2D eigenvalue weighted by Gasteiger charge is 2.27. The Labute approximate surface area is 219 Å². The summed E-state index contributed by atoms with van der Waals surface area (Å²) in [5.41, 5.74) is 2.83. The number of rotatable bonds is 8. The largest absolute Gasteiger partial charge is 0.462 e. The third-order valence-electron chi connectivity index (χ3n) is 6.42. The maximum Gasteiger partial charge on any atom is 0.419 e. The van der Waals surface area contributed by atoms with Crippen LogP contribution in [-0.2, 0) is 14.3 Å². The molecule has 192 valence electrons. The SMILES string of the molecule is Cc1ccccc1C(=O)c1ccc(N(C(=O)OCCOC(=O)C2CCC2)c2ccc(F)cc2C)cc1Cl. The van der Waals surface area contributed by atoms with Crippen molar-refractivity contribution in [3.05, 3.63) is 93.8 Å². The molecule has 0 bridgehead atoms. The molecule has 0 aliphatic heterocycles. The summed E-state index contributed by atoms with van der Waals surface area (Å²) in [4.78, 5) is 39.4. The topological polar surface area (TPSA) is 72.9 Å². The zero-order chi connectivity index (χ0) is 26.5. The second kappa shape index (κ2) is 11.6. The molecule has 0 N–H and O–H groups in total. The summed E-state index contributed by atoms with van der Waals surface area (Å²) in [7, 11) is 0. The lowest BCUT2D eigenvalue weighted by Crippen LogP contribution is -2.30. The quantitative estimate of drug-likeness (QED) is 0.181. The number of hydrogen-bond donors (Lipinski definition) is 0. The van der Waals surface area contributed by atoms with Gasteiger partial charge >= 0.3 is 12.1 Å². The van der Waals surface area contributed by atoms with Gasteiger partial charge in [-0.05, 0) is 74.2 Å². The molecule has 6 nitrogen and oxygen atoms in total. The first-order valence-electron chi connectivity index (χ1n) is 12.1. The molecule has 3 aromatic rings. The van der Waals surface area contributed by atoms with E-state index in [-0.39, 0.29) is 41.5 Å². The number of benzene rings is 3. The van der Waals surface area contributed by atoms with E-state index in [1.807, 2.05) is 19.1 Å². The van der Waals surface area contributed by atoms with Gasteiger partial charge in [0, 0.05) is 11.1 Å². The minimum Gasteiger partial charge on any atom is -0.462 e. The van der Waals surface area contributed by atoms with Crippen LogP contribution in [0.5, 0.6) is 0 Å². The normalized spacial score (nSPS) is 13.0. The number of nitrogens with zero attached hydrogens (tertiary/aromatic N) is 1. The lowest BCUT2D eigenvalue weighted by Gasteiger charge is -2.25. The van der Waals surface area contributed by atoms with Crippen molar-refractivity contribution in [3.8, 4) is 0 Å². The van der Waals surface area contributed by atoms with Crippen LogP contribution in [-0.4, -0.2) is 31.1 Å². The molecule has 1 amide bonds. The number of esters is 1. The van der Waals surface area contributed by atoms with Gasteiger partial charge in [0.05, 0.1) is 22.3 Å². The van der Waals surface area contributed by atoms with Crippen LogP contribution >= 0.6 is 11.6 Å². The van der Waals surface area contributed by atoms with Crippen LogP contribution in [0.15, 0.2) is 60.7 Å². The van der Waals surface area contributed by atoms with Crippen molar-refractivity contribution in [2.75, 3.05) is 18.1 Å². The van der Waals surface area contributed by atoms with Gasteiger partial charge in [-0.2, -0.15) is 0 Å². The number of amides is 1. The fourth-order valence-corrected chi connectivity index (χ4v) is 4.37. The predicted molar refractivity (Wildman–Crippen MR) is 139 cm³/mol. The molecular formula is C29H27ClFNO5. The van der Waals surface area contributed by atoms with Crippen molar-refractivity contribution in [3.63, 3.8) is 0 Å². The average Bonchev–Trinajstić information content (AvgIpc) is 2.82. The lowest BCUT2D eigenvalue weighted by atomic mass is 9.86. The van der Waals surface area contributed by atoms with Gasteiger partial charge in [0.15, 0.2) is 5.78 Å². The van der Waals surface area contributed by atoms with Crippen LogP contribution in [0.1, 0.15) is 46.3 Å². The van der Waals surface area contributed by atoms with E-state index in [2.05, 4.69) is 0 Å². The van der Waals surface area contributed by atoms with Crippen molar-refractivity contribution >= 4 is 40.8 Å². The molecule has 1 fully saturated rings. The Hall–Kier alpha value is -3.71. The maximum atomic E-state index is 13.8. The summed E-state index contributed by atoms with van der Waals surface area (Å²) in [6.45, 7) is 3.29. The number of aryl methyl sites for hydroxylation is 2. The second-order valence-electron chi connectivity index (χ2n) is 8.98. The van der Waals surface area contributed by atoms with Crippen molar-refractivity contribution in [1.82, 2.24) is 0 Å². The summed E-state index contributed by atoms with van der Waals surface area (Å²) >= 11 is 6.52. The molecule has 0 spiro atoms. The number of ether oxygens (including phenoxy) is 2. The highest BCUT2D eigenvalue weighted by molar-refractivity contribution is 6.35. The Bertz CT molecular complexity index is 1340. The first kappa shape index (κ1) is 26.4. The third kappa shape index (κ3) is 6.00. The number of carbonyl (C=O) groups is 3. The highest BCUT2D eigenvalue weighted by Crippen LogP contribution is 2.33. The zero-order valence-electron chi connectivity index (χ0n) is 20.6. The smallest absolute Gasteiger partial charge is 0.419 e. The Morgan fingerprint density at radius 3 is 2.30 bits per heavy atom. The van der Waals surface area contributed by atoms with E-state index in [4.69, 9.17) is 21.1 Å². The summed E-state index contributed by atoms with van der Waals surface area (Å²) in [6.07, 6.45) is 1.89. The molecule has 0 unspecified atom stereocenters. The van der Waals surface area contributed by atoms with Gasteiger partial charge in [-0.3, -0.25) is 9.59 Å². The first-order chi connectivity index (χ1) is 17.8. The van der Waals surface area contributed by atoms with Crippen molar-refractivity contribution in [2.45, 2.75) is 33.1 Å². The highest BCUT2D eigenvalue weighted by atomic mass is 35.5. The molecule has 0 aromatic heterocycles. The Balaban J connectivity index is 1.57.